The molecule has 0 bridgehead atoms. The lowest BCUT2D eigenvalue weighted by molar-refractivity contribution is -0.153. The average Bonchev–Trinajstić information content (AvgIpc) is 2.18. The number of hydrogen-bond acceptors (Lipinski definition) is 3. The fourth-order valence-corrected chi connectivity index (χ4v) is 1.10. The van der Waals surface area contributed by atoms with Gasteiger partial charge in [-0.05, 0) is 0 Å². The Bertz CT molecular complexity index is 190. The largest absolute Gasteiger partial charge is 0.452 e. The molecule has 0 N–H and O–H groups in total. The Labute approximate surface area is 65.1 Å². The van der Waals surface area contributed by atoms with Crippen LogP contribution in [0, 0.1) is 0 Å². The summed E-state index contributed by atoms with van der Waals surface area (Å²) in [6.07, 6.45) is 0.0899. The number of likely N-dealkylation sites (N-methyl/N-ethyl adjacent to an activating group) is 1. The molecule has 4 heteroatoms. The molecule has 1 amide bonds. The van der Waals surface area contributed by atoms with Gasteiger partial charge in [0.05, 0.1) is 0 Å². The fourth-order valence-electron chi connectivity index (χ4n) is 1.10. The summed E-state index contributed by atoms with van der Waals surface area (Å²) in [6.45, 7) is 1.99. The molecule has 0 saturated carbocycles. The van der Waals surface area contributed by atoms with Gasteiger partial charge in [0.2, 0.25) is 0 Å². The molecule has 1 aliphatic rings. The number of nitrogens with zero attached hydrogens (tertiary/aromatic N) is 1. The van der Waals surface area contributed by atoms with Crippen LogP contribution in [0.25, 0.3) is 0 Å². The second-order valence-electron chi connectivity index (χ2n) is 2.65. The topological polar surface area (TPSA) is 46.6 Å². The number of likely N-dealkylation sites (tertiary alicyclic amines) is 1. The molecule has 62 valence electrons. The second-order valence-corrected chi connectivity index (χ2v) is 2.65. The van der Waals surface area contributed by atoms with E-state index in [0.29, 0.717) is 13.0 Å². The van der Waals surface area contributed by atoms with Gasteiger partial charge in [0.15, 0.2) is 6.10 Å². The highest BCUT2D eigenvalue weighted by Crippen LogP contribution is 2.11. The normalized spacial score (nSPS) is 24.0. The lowest BCUT2D eigenvalue weighted by Gasteiger charge is -2.09. The first-order valence-electron chi connectivity index (χ1n) is 3.53. The van der Waals surface area contributed by atoms with Crippen LogP contribution in [-0.2, 0) is 14.3 Å². The number of carbonyl (C=O) groups is 2. The SMILES string of the molecule is CC(=O)OC1CCN(C)C1=O. The number of ether oxygens (including phenoxy) is 1. The van der Waals surface area contributed by atoms with Crippen molar-refractivity contribution in [1.29, 1.82) is 0 Å². The number of esters is 1. The molecule has 1 saturated heterocycles. The summed E-state index contributed by atoms with van der Waals surface area (Å²) in [5.74, 6) is -0.487. The van der Waals surface area contributed by atoms with Crippen molar-refractivity contribution in [3.05, 3.63) is 0 Å². The van der Waals surface area contributed by atoms with Crippen molar-refractivity contribution < 1.29 is 14.3 Å². The molecule has 1 heterocycles. The summed E-state index contributed by atoms with van der Waals surface area (Å²) < 4.78 is 4.76. The quantitative estimate of drug-likeness (QED) is 0.494. The van der Waals surface area contributed by atoms with Crippen molar-refractivity contribution >= 4 is 11.9 Å². The molecular formula is C7H11NO3. The third kappa shape index (κ3) is 1.69. The molecule has 0 aromatic carbocycles. The van der Waals surface area contributed by atoms with Gasteiger partial charge < -0.3 is 9.64 Å². The van der Waals surface area contributed by atoms with E-state index in [9.17, 15) is 9.59 Å². The molecule has 0 aromatic heterocycles. The van der Waals surface area contributed by atoms with Gasteiger partial charge in [-0.2, -0.15) is 0 Å². The Morgan fingerprint density at radius 3 is 2.73 bits per heavy atom. The Morgan fingerprint density at radius 2 is 2.36 bits per heavy atom. The molecule has 1 fully saturated rings. The highest BCUT2D eigenvalue weighted by molar-refractivity contribution is 5.84. The van der Waals surface area contributed by atoms with E-state index in [0.717, 1.165) is 0 Å². The van der Waals surface area contributed by atoms with Crippen LogP contribution < -0.4 is 0 Å². The molecule has 0 spiro atoms. The van der Waals surface area contributed by atoms with Crippen LogP contribution in [0.15, 0.2) is 0 Å². The van der Waals surface area contributed by atoms with Gasteiger partial charge in [-0.3, -0.25) is 9.59 Å². The Morgan fingerprint density at radius 1 is 1.73 bits per heavy atom. The number of amides is 1. The van der Waals surface area contributed by atoms with Crippen LogP contribution in [0.2, 0.25) is 0 Å². The summed E-state index contributed by atoms with van der Waals surface area (Å²) in [7, 11) is 1.70. The molecule has 1 unspecified atom stereocenters. The van der Waals surface area contributed by atoms with Crippen molar-refractivity contribution in [1.82, 2.24) is 4.90 Å². The van der Waals surface area contributed by atoms with Crippen LogP contribution in [0.1, 0.15) is 13.3 Å². The van der Waals surface area contributed by atoms with E-state index in [1.807, 2.05) is 0 Å². The summed E-state index contributed by atoms with van der Waals surface area (Å²) in [4.78, 5) is 23.1. The molecule has 4 nitrogen and oxygen atoms in total. The molecule has 1 rings (SSSR count). The minimum Gasteiger partial charge on any atom is -0.452 e. The van der Waals surface area contributed by atoms with Crippen LogP contribution in [0.3, 0.4) is 0 Å². The maximum absolute atomic E-state index is 11.1. The predicted octanol–water partition coefficient (Wildman–Crippen LogP) is -0.220. The average molecular weight is 157 g/mol. The zero-order valence-electron chi connectivity index (χ0n) is 6.66. The highest BCUT2D eigenvalue weighted by atomic mass is 16.5. The zero-order chi connectivity index (χ0) is 8.43. The summed E-state index contributed by atoms with van der Waals surface area (Å²) in [6, 6.07) is 0. The van der Waals surface area contributed by atoms with Crippen LogP contribution in [-0.4, -0.2) is 36.5 Å². The Hall–Kier alpha value is -1.06. The van der Waals surface area contributed by atoms with Crippen LogP contribution >= 0.6 is 0 Å². The maximum atomic E-state index is 11.1. The van der Waals surface area contributed by atoms with Crippen molar-refractivity contribution in [3.8, 4) is 0 Å². The first-order chi connectivity index (χ1) is 5.11. The van der Waals surface area contributed by atoms with E-state index in [4.69, 9.17) is 4.74 Å². The van der Waals surface area contributed by atoms with Crippen molar-refractivity contribution in [2.45, 2.75) is 19.4 Å². The van der Waals surface area contributed by atoms with Crippen molar-refractivity contribution in [2.24, 2.45) is 0 Å². The molecule has 1 aliphatic heterocycles. The molecular weight excluding hydrogens is 146 g/mol. The van der Waals surface area contributed by atoms with E-state index in [2.05, 4.69) is 0 Å². The Balaban J connectivity index is 2.49. The van der Waals surface area contributed by atoms with E-state index in [1.165, 1.54) is 6.92 Å². The minimum atomic E-state index is -0.530. The third-order valence-corrected chi connectivity index (χ3v) is 1.69. The van der Waals surface area contributed by atoms with Gasteiger partial charge >= 0.3 is 5.97 Å². The zero-order valence-corrected chi connectivity index (χ0v) is 6.66. The van der Waals surface area contributed by atoms with Crippen LogP contribution in [0.4, 0.5) is 0 Å². The van der Waals surface area contributed by atoms with Gasteiger partial charge in [0.25, 0.3) is 5.91 Å². The summed E-state index contributed by atoms with van der Waals surface area (Å²) in [5.41, 5.74) is 0. The number of hydrogen-bond donors (Lipinski definition) is 0. The first kappa shape index (κ1) is 8.04. The molecule has 0 aliphatic carbocycles. The summed E-state index contributed by atoms with van der Waals surface area (Å²) >= 11 is 0. The van der Waals surface area contributed by atoms with E-state index >= 15 is 0 Å². The fraction of sp³-hybridized carbons (Fsp3) is 0.714. The van der Waals surface area contributed by atoms with E-state index < -0.39 is 12.1 Å². The lowest BCUT2D eigenvalue weighted by atomic mass is 10.3. The van der Waals surface area contributed by atoms with Crippen LogP contribution in [0.5, 0.6) is 0 Å². The summed E-state index contributed by atoms with van der Waals surface area (Å²) in [5, 5.41) is 0. The maximum Gasteiger partial charge on any atom is 0.303 e. The Kier molecular flexibility index (Phi) is 2.12. The lowest BCUT2D eigenvalue weighted by Crippen LogP contribution is -2.28. The highest BCUT2D eigenvalue weighted by Gasteiger charge is 2.31. The second kappa shape index (κ2) is 2.90. The molecule has 1 atom stereocenters. The van der Waals surface area contributed by atoms with E-state index in [-0.39, 0.29) is 5.91 Å². The molecule has 11 heavy (non-hydrogen) atoms. The van der Waals surface area contributed by atoms with Gasteiger partial charge in [-0.25, -0.2) is 0 Å². The monoisotopic (exact) mass is 157 g/mol. The third-order valence-electron chi connectivity index (χ3n) is 1.69. The standard InChI is InChI=1S/C7H11NO3/c1-5(9)11-6-3-4-8(2)7(6)10/h6H,3-4H2,1-2H3. The molecule has 0 radical (unpaired) electrons. The number of carbonyl (C=O) groups excluding carboxylic acids is 2. The van der Waals surface area contributed by atoms with Crippen molar-refractivity contribution in [3.63, 3.8) is 0 Å². The molecule has 0 aromatic rings. The van der Waals surface area contributed by atoms with Gasteiger partial charge in [0.1, 0.15) is 0 Å². The van der Waals surface area contributed by atoms with Gasteiger partial charge in [-0.15, -0.1) is 0 Å². The predicted molar refractivity (Wildman–Crippen MR) is 37.8 cm³/mol. The first-order valence-corrected chi connectivity index (χ1v) is 3.53. The number of rotatable bonds is 1. The van der Waals surface area contributed by atoms with E-state index in [1.54, 1.807) is 11.9 Å². The van der Waals surface area contributed by atoms with Crippen molar-refractivity contribution in [2.75, 3.05) is 13.6 Å². The minimum absolute atomic E-state index is 0.0970. The van der Waals surface area contributed by atoms with Gasteiger partial charge in [0, 0.05) is 26.9 Å². The smallest absolute Gasteiger partial charge is 0.303 e. The van der Waals surface area contributed by atoms with Gasteiger partial charge in [-0.1, -0.05) is 0 Å².